The minimum atomic E-state index is -1.20. The fourth-order valence-electron chi connectivity index (χ4n) is 6.58. The van der Waals surface area contributed by atoms with Crippen molar-refractivity contribution in [2.45, 2.75) is 57.5 Å². The highest BCUT2D eigenvalue weighted by atomic mass is 16.5. The Bertz CT molecular complexity index is 1110. The minimum Gasteiger partial charge on any atom is -0.481 e. The smallest absolute Gasteiger partial charge is 0.407 e. The molecule has 7 nitrogen and oxygen atoms in total. The van der Waals surface area contributed by atoms with Gasteiger partial charge in [-0.05, 0) is 58.8 Å². The van der Waals surface area contributed by atoms with Gasteiger partial charge in [0.15, 0.2) is 0 Å². The molecule has 35 heavy (non-hydrogen) atoms. The molecule has 3 aliphatic rings. The van der Waals surface area contributed by atoms with Crippen LogP contribution in [0.3, 0.4) is 0 Å². The van der Waals surface area contributed by atoms with Gasteiger partial charge in [-0.2, -0.15) is 0 Å². The molecule has 7 heteroatoms. The molecule has 184 valence electrons. The fourth-order valence-corrected chi connectivity index (χ4v) is 6.58. The van der Waals surface area contributed by atoms with Gasteiger partial charge in [0.1, 0.15) is 12.6 Å². The van der Waals surface area contributed by atoms with E-state index in [1.807, 2.05) is 36.4 Å². The maximum atomic E-state index is 13.1. The maximum Gasteiger partial charge on any atom is 0.407 e. The third-order valence-electron chi connectivity index (χ3n) is 8.43. The Balaban J connectivity index is 1.24. The number of rotatable bonds is 7. The number of nitrogens with one attached hydrogen (secondary N) is 2. The quantitative estimate of drug-likeness (QED) is 0.552. The van der Waals surface area contributed by atoms with Gasteiger partial charge in [-0.15, -0.1) is 0 Å². The number of hydrogen-bond acceptors (Lipinski definition) is 4. The largest absolute Gasteiger partial charge is 0.481 e. The van der Waals surface area contributed by atoms with Crippen molar-refractivity contribution < 1.29 is 24.2 Å². The molecular formula is C28H32N2O5. The molecule has 0 heterocycles. The monoisotopic (exact) mass is 476 g/mol. The Morgan fingerprint density at radius 1 is 1.03 bits per heavy atom. The molecule has 0 saturated heterocycles. The van der Waals surface area contributed by atoms with Gasteiger partial charge < -0.3 is 20.5 Å². The zero-order chi connectivity index (χ0) is 24.7. The molecule has 3 aliphatic carbocycles. The first-order valence-electron chi connectivity index (χ1n) is 12.4. The van der Waals surface area contributed by atoms with E-state index in [1.54, 1.807) is 0 Å². The van der Waals surface area contributed by atoms with E-state index in [0.29, 0.717) is 11.8 Å². The van der Waals surface area contributed by atoms with E-state index in [0.717, 1.165) is 35.1 Å². The van der Waals surface area contributed by atoms with Crippen LogP contribution in [0.15, 0.2) is 48.5 Å². The number of carbonyl (C=O) groups is 3. The lowest BCUT2D eigenvalue weighted by Gasteiger charge is -2.39. The molecule has 5 rings (SSSR count). The van der Waals surface area contributed by atoms with Crippen LogP contribution in [0, 0.1) is 17.3 Å². The van der Waals surface area contributed by atoms with E-state index < -0.39 is 30.4 Å². The molecular weight excluding hydrogens is 444 g/mol. The van der Waals surface area contributed by atoms with Gasteiger partial charge in [0, 0.05) is 12.0 Å². The zero-order valence-electron chi connectivity index (χ0n) is 20.1. The lowest BCUT2D eigenvalue weighted by Crippen LogP contribution is -2.55. The second-order valence-electron chi connectivity index (χ2n) is 10.7. The van der Waals surface area contributed by atoms with E-state index in [1.165, 1.54) is 6.42 Å². The molecule has 0 spiro atoms. The normalized spacial score (nSPS) is 24.3. The Morgan fingerprint density at radius 2 is 1.66 bits per heavy atom. The van der Waals surface area contributed by atoms with E-state index in [9.17, 15) is 19.5 Å². The molecule has 2 saturated carbocycles. The third kappa shape index (κ3) is 4.28. The van der Waals surface area contributed by atoms with Gasteiger partial charge in [0.05, 0.1) is 6.42 Å². The van der Waals surface area contributed by atoms with Crippen LogP contribution in [0.2, 0.25) is 0 Å². The summed E-state index contributed by atoms with van der Waals surface area (Å²) in [5.41, 5.74) is 4.36. The fraction of sp³-hybridized carbons (Fsp3) is 0.464. The van der Waals surface area contributed by atoms with Crippen LogP contribution in [-0.2, 0) is 14.3 Å². The Morgan fingerprint density at radius 3 is 2.23 bits per heavy atom. The Labute approximate surface area is 205 Å². The van der Waals surface area contributed by atoms with Crippen molar-refractivity contribution in [1.29, 1.82) is 0 Å². The Kier molecular flexibility index (Phi) is 6.03. The predicted octanol–water partition coefficient (Wildman–Crippen LogP) is 4.31. The average Bonchev–Trinajstić information content (AvgIpc) is 3.49. The first kappa shape index (κ1) is 23.4. The number of ether oxygens (including phenoxy) is 1. The highest BCUT2D eigenvalue weighted by Crippen LogP contribution is 2.55. The van der Waals surface area contributed by atoms with Crippen LogP contribution >= 0.6 is 0 Å². The highest BCUT2D eigenvalue weighted by Gasteiger charge is 2.53. The summed E-state index contributed by atoms with van der Waals surface area (Å²) in [5.74, 6) is -0.776. The van der Waals surface area contributed by atoms with E-state index in [2.05, 4.69) is 36.6 Å². The summed E-state index contributed by atoms with van der Waals surface area (Å²) in [6, 6.07) is 14.8. The van der Waals surface area contributed by atoms with Crippen molar-refractivity contribution in [3.63, 3.8) is 0 Å². The summed E-state index contributed by atoms with van der Waals surface area (Å²) in [6.45, 7) is 4.42. The molecule has 2 fully saturated rings. The van der Waals surface area contributed by atoms with Crippen LogP contribution < -0.4 is 10.6 Å². The van der Waals surface area contributed by atoms with E-state index in [-0.39, 0.29) is 24.0 Å². The summed E-state index contributed by atoms with van der Waals surface area (Å²) in [4.78, 5) is 37.2. The number of benzene rings is 2. The number of amides is 2. The molecule has 2 amide bonds. The molecule has 2 bridgehead atoms. The molecule has 4 unspecified atom stereocenters. The molecule has 2 aromatic rings. The second kappa shape index (κ2) is 9.02. The zero-order valence-corrected chi connectivity index (χ0v) is 20.1. The molecule has 0 aromatic heterocycles. The number of aliphatic carboxylic acids is 1. The summed E-state index contributed by atoms with van der Waals surface area (Å²) < 4.78 is 5.54. The van der Waals surface area contributed by atoms with Crippen LogP contribution in [0.1, 0.15) is 56.6 Å². The second-order valence-corrected chi connectivity index (χ2v) is 10.7. The van der Waals surface area contributed by atoms with Gasteiger partial charge in [-0.1, -0.05) is 62.4 Å². The van der Waals surface area contributed by atoms with Gasteiger partial charge in [0.25, 0.3) is 0 Å². The number of carboxylic acids is 1. The molecule has 0 radical (unpaired) electrons. The van der Waals surface area contributed by atoms with E-state index >= 15 is 0 Å². The van der Waals surface area contributed by atoms with Gasteiger partial charge in [-0.25, -0.2) is 4.79 Å². The van der Waals surface area contributed by atoms with Gasteiger partial charge >= 0.3 is 12.1 Å². The van der Waals surface area contributed by atoms with E-state index in [4.69, 9.17) is 4.74 Å². The minimum absolute atomic E-state index is 0.0191. The first-order chi connectivity index (χ1) is 16.8. The maximum absolute atomic E-state index is 13.1. The number of fused-ring (bicyclic) bond motifs is 5. The van der Waals surface area contributed by atoms with Gasteiger partial charge in [-0.3, -0.25) is 9.59 Å². The summed E-state index contributed by atoms with van der Waals surface area (Å²) >= 11 is 0. The first-order valence-corrected chi connectivity index (χ1v) is 12.4. The predicted molar refractivity (Wildman–Crippen MR) is 131 cm³/mol. The van der Waals surface area contributed by atoms with Crippen molar-refractivity contribution in [3.05, 3.63) is 59.7 Å². The third-order valence-corrected chi connectivity index (χ3v) is 8.43. The standard InChI is InChI=1S/C28H32N2O5/c1-28(2)17-12-11-16(13-17)25(28)30-26(33)23(14-24(31)32)29-27(34)35-15-22-20-9-5-3-7-18(20)19-8-4-6-10-21(19)22/h3-10,16-17,22-23,25H,11-15H2,1-2H3,(H,29,34)(H,30,33)(H,31,32). The number of carbonyl (C=O) groups excluding carboxylic acids is 2. The van der Waals surface area contributed by atoms with Crippen molar-refractivity contribution in [1.82, 2.24) is 10.6 Å². The van der Waals surface area contributed by atoms with Gasteiger partial charge in [0.2, 0.25) is 5.91 Å². The summed E-state index contributed by atoms with van der Waals surface area (Å²) in [7, 11) is 0. The van der Waals surface area contributed by atoms with Crippen molar-refractivity contribution in [2.75, 3.05) is 6.61 Å². The van der Waals surface area contributed by atoms with Crippen molar-refractivity contribution >= 4 is 18.0 Å². The summed E-state index contributed by atoms with van der Waals surface area (Å²) in [6.07, 6.45) is 2.03. The van der Waals surface area contributed by atoms with Crippen LogP contribution in [0.25, 0.3) is 11.1 Å². The molecule has 4 atom stereocenters. The lowest BCUT2D eigenvalue weighted by atomic mass is 9.73. The van der Waals surface area contributed by atoms with Crippen molar-refractivity contribution in [3.8, 4) is 11.1 Å². The molecule has 3 N–H and O–H groups in total. The lowest BCUT2D eigenvalue weighted by molar-refractivity contribution is -0.140. The number of hydrogen-bond donors (Lipinski definition) is 3. The topological polar surface area (TPSA) is 105 Å². The molecule has 2 aromatic carbocycles. The van der Waals surface area contributed by atoms with Crippen LogP contribution in [-0.4, -0.2) is 41.8 Å². The number of alkyl carbamates (subject to hydrolysis) is 1. The average molecular weight is 477 g/mol. The van der Waals surface area contributed by atoms with Crippen LogP contribution in [0.4, 0.5) is 4.79 Å². The van der Waals surface area contributed by atoms with Crippen molar-refractivity contribution in [2.24, 2.45) is 17.3 Å². The Hall–Kier alpha value is -3.35. The highest BCUT2D eigenvalue weighted by molar-refractivity contribution is 5.89. The summed E-state index contributed by atoms with van der Waals surface area (Å²) in [5, 5.41) is 14.9. The molecule has 0 aliphatic heterocycles. The van der Waals surface area contributed by atoms with Crippen LogP contribution in [0.5, 0.6) is 0 Å². The number of carboxylic acid groups (broad SMARTS) is 1. The SMILES string of the molecule is CC1(C)C2CCC(C2)C1NC(=O)C(CC(=O)O)NC(=O)OCC1c2ccccc2-c2ccccc21.